The van der Waals surface area contributed by atoms with E-state index in [0.717, 1.165) is 5.56 Å². The van der Waals surface area contributed by atoms with E-state index in [1.165, 1.54) is 22.3 Å². The summed E-state index contributed by atoms with van der Waals surface area (Å²) in [6.45, 7) is 0. The van der Waals surface area contributed by atoms with Gasteiger partial charge in [-0.05, 0) is 40.0 Å². The number of rotatable bonds is 5. The summed E-state index contributed by atoms with van der Waals surface area (Å²) in [5.41, 5.74) is 5.95. The van der Waals surface area contributed by atoms with Gasteiger partial charge in [0.15, 0.2) is 0 Å². The fourth-order valence-corrected chi connectivity index (χ4v) is 3.56. The number of aromatic hydroxyl groups is 1. The minimum Gasteiger partial charge on any atom is -0.508 e. The predicted molar refractivity (Wildman–Crippen MR) is 117 cm³/mol. The quantitative estimate of drug-likeness (QED) is 0.389. The van der Waals surface area contributed by atoms with Crippen LogP contribution in [0.15, 0.2) is 115 Å². The van der Waals surface area contributed by atoms with Crippen molar-refractivity contribution in [1.29, 1.82) is 0 Å². The van der Waals surface area contributed by atoms with Crippen LogP contribution in [0.25, 0.3) is 11.6 Å². The van der Waals surface area contributed by atoms with E-state index in [2.05, 4.69) is 78.9 Å². The van der Waals surface area contributed by atoms with Crippen LogP contribution in [0, 0.1) is 0 Å². The van der Waals surface area contributed by atoms with Crippen molar-refractivity contribution in [2.75, 3.05) is 0 Å². The zero-order chi connectivity index (χ0) is 19.2. The van der Waals surface area contributed by atoms with Gasteiger partial charge in [0, 0.05) is 5.92 Å². The predicted octanol–water partition coefficient (Wildman–Crippen LogP) is 6.76. The summed E-state index contributed by atoms with van der Waals surface area (Å²) >= 11 is 0. The minimum absolute atomic E-state index is 0.0596. The van der Waals surface area contributed by atoms with Crippen LogP contribution in [0.2, 0.25) is 0 Å². The number of allylic oxidation sites excluding steroid dienone is 1. The molecule has 0 radical (unpaired) electrons. The lowest BCUT2D eigenvalue weighted by atomic mass is 9.81. The van der Waals surface area contributed by atoms with Gasteiger partial charge < -0.3 is 5.11 Å². The smallest absolute Gasteiger partial charge is 0.115 e. The van der Waals surface area contributed by atoms with Crippen LogP contribution in [0.5, 0.6) is 5.75 Å². The van der Waals surface area contributed by atoms with Gasteiger partial charge >= 0.3 is 0 Å². The van der Waals surface area contributed by atoms with Crippen molar-refractivity contribution in [1.82, 2.24) is 0 Å². The van der Waals surface area contributed by atoms with Crippen molar-refractivity contribution < 1.29 is 5.11 Å². The van der Waals surface area contributed by atoms with Crippen molar-refractivity contribution in [3.8, 4) is 5.75 Å². The molecule has 0 saturated heterocycles. The molecule has 0 spiro atoms. The van der Waals surface area contributed by atoms with Gasteiger partial charge in [-0.25, -0.2) is 0 Å². The van der Waals surface area contributed by atoms with Gasteiger partial charge in [0.25, 0.3) is 0 Å². The van der Waals surface area contributed by atoms with Crippen LogP contribution in [-0.4, -0.2) is 5.11 Å². The van der Waals surface area contributed by atoms with E-state index in [1.54, 1.807) is 12.1 Å². The molecule has 0 amide bonds. The van der Waals surface area contributed by atoms with E-state index < -0.39 is 0 Å². The summed E-state index contributed by atoms with van der Waals surface area (Å²) in [5.74, 6) is 0.341. The van der Waals surface area contributed by atoms with Gasteiger partial charge in [-0.3, -0.25) is 0 Å². The topological polar surface area (TPSA) is 20.2 Å². The van der Waals surface area contributed by atoms with Crippen LogP contribution in [-0.2, 0) is 0 Å². The minimum atomic E-state index is 0.0596. The summed E-state index contributed by atoms with van der Waals surface area (Å²) in [4.78, 5) is 0. The molecule has 0 bridgehead atoms. The van der Waals surface area contributed by atoms with Crippen LogP contribution in [0.4, 0.5) is 0 Å². The Balaban J connectivity index is 1.93. The molecule has 0 aliphatic carbocycles. The molecule has 4 aromatic rings. The first-order valence-corrected chi connectivity index (χ1v) is 9.47. The maximum absolute atomic E-state index is 9.79. The Labute approximate surface area is 166 Å². The fourth-order valence-electron chi connectivity index (χ4n) is 3.56. The van der Waals surface area contributed by atoms with E-state index in [0.29, 0.717) is 0 Å². The van der Waals surface area contributed by atoms with Crippen LogP contribution >= 0.6 is 0 Å². The van der Waals surface area contributed by atoms with E-state index in [4.69, 9.17) is 0 Å². The first-order chi connectivity index (χ1) is 13.8. The largest absolute Gasteiger partial charge is 0.508 e. The molecule has 1 atom stereocenters. The van der Waals surface area contributed by atoms with E-state index in [-0.39, 0.29) is 11.7 Å². The number of hydrogen-bond acceptors (Lipinski definition) is 1. The maximum Gasteiger partial charge on any atom is 0.115 e. The molecule has 1 N–H and O–H groups in total. The Bertz CT molecular complexity index is 1030. The highest BCUT2D eigenvalue weighted by molar-refractivity contribution is 5.87. The first kappa shape index (κ1) is 17.8. The molecule has 4 aromatic carbocycles. The Morgan fingerprint density at radius 2 is 1.07 bits per heavy atom. The van der Waals surface area contributed by atoms with Gasteiger partial charge in [0.1, 0.15) is 5.75 Å². The highest BCUT2D eigenvalue weighted by atomic mass is 16.3. The van der Waals surface area contributed by atoms with Gasteiger partial charge in [-0.15, -0.1) is 0 Å². The molecular formula is C27H22O. The van der Waals surface area contributed by atoms with Gasteiger partial charge in [0.2, 0.25) is 0 Å². The van der Waals surface area contributed by atoms with Gasteiger partial charge in [-0.2, -0.15) is 0 Å². The molecule has 1 nitrogen and oxygen atoms in total. The Kier molecular flexibility index (Phi) is 5.35. The Morgan fingerprint density at radius 1 is 0.571 bits per heavy atom. The van der Waals surface area contributed by atoms with Crippen molar-refractivity contribution in [2.45, 2.75) is 5.92 Å². The maximum atomic E-state index is 9.79. The lowest BCUT2D eigenvalue weighted by Crippen LogP contribution is -2.04. The monoisotopic (exact) mass is 362 g/mol. The normalized spacial score (nSPS) is 12.5. The molecule has 0 aromatic heterocycles. The molecule has 0 aliphatic rings. The van der Waals surface area contributed by atoms with Crippen LogP contribution in [0.1, 0.15) is 28.2 Å². The van der Waals surface area contributed by atoms with Crippen molar-refractivity contribution >= 4 is 11.6 Å². The van der Waals surface area contributed by atoms with E-state index in [1.807, 2.05) is 30.3 Å². The molecule has 1 heteroatoms. The summed E-state index contributed by atoms with van der Waals surface area (Å²) in [6, 6.07) is 39.0. The first-order valence-electron chi connectivity index (χ1n) is 9.47. The van der Waals surface area contributed by atoms with Crippen LogP contribution in [0.3, 0.4) is 0 Å². The molecule has 0 heterocycles. The number of hydrogen-bond donors (Lipinski definition) is 1. The third-order valence-electron chi connectivity index (χ3n) is 4.90. The van der Waals surface area contributed by atoms with E-state index >= 15 is 0 Å². The summed E-state index contributed by atoms with van der Waals surface area (Å²) in [5, 5.41) is 9.79. The third-order valence-corrected chi connectivity index (χ3v) is 4.90. The average molecular weight is 362 g/mol. The zero-order valence-electron chi connectivity index (χ0n) is 15.6. The lowest BCUT2D eigenvalue weighted by molar-refractivity contribution is 0.475. The molecule has 0 aliphatic heterocycles. The second-order valence-corrected chi connectivity index (χ2v) is 6.81. The third kappa shape index (κ3) is 4.05. The summed E-state index contributed by atoms with van der Waals surface area (Å²) in [6.07, 6.45) is 2.26. The average Bonchev–Trinajstić information content (AvgIpc) is 2.77. The van der Waals surface area contributed by atoms with Gasteiger partial charge in [0.05, 0.1) is 0 Å². The number of benzene rings is 4. The molecule has 28 heavy (non-hydrogen) atoms. The number of phenolic OH excluding ortho intramolecular Hbond substituents is 1. The van der Waals surface area contributed by atoms with E-state index in [9.17, 15) is 5.11 Å². The lowest BCUT2D eigenvalue weighted by Gasteiger charge is -2.23. The molecule has 0 saturated carbocycles. The highest BCUT2D eigenvalue weighted by Crippen LogP contribution is 2.39. The molecule has 4 rings (SSSR count). The van der Waals surface area contributed by atoms with Crippen molar-refractivity contribution in [3.05, 3.63) is 138 Å². The molecular weight excluding hydrogens is 340 g/mol. The summed E-state index contributed by atoms with van der Waals surface area (Å²) < 4.78 is 0. The Hall–Kier alpha value is -3.58. The van der Waals surface area contributed by atoms with Crippen LogP contribution < -0.4 is 0 Å². The second kappa shape index (κ2) is 8.41. The highest BCUT2D eigenvalue weighted by Gasteiger charge is 2.20. The Morgan fingerprint density at radius 3 is 1.68 bits per heavy atom. The molecule has 136 valence electrons. The molecule has 1 unspecified atom stereocenters. The van der Waals surface area contributed by atoms with Gasteiger partial charge in [-0.1, -0.05) is 109 Å². The SMILES string of the molecule is Oc1ccc(C(C(=Cc2ccccc2)c2ccccc2)c2ccccc2)cc1. The standard InChI is InChI=1S/C27H22O/c28-25-18-16-24(17-19-25)27(23-14-8-3-9-15-23)26(22-12-6-2-7-13-22)20-21-10-4-1-5-11-21/h1-20,27-28H. The zero-order valence-corrected chi connectivity index (χ0v) is 15.6. The molecule has 0 fully saturated rings. The second-order valence-electron chi connectivity index (χ2n) is 6.81. The number of phenols is 1. The van der Waals surface area contributed by atoms with Crippen molar-refractivity contribution in [2.24, 2.45) is 0 Å². The summed E-state index contributed by atoms with van der Waals surface area (Å²) in [7, 11) is 0. The fraction of sp³-hybridized carbons (Fsp3) is 0.0370. The van der Waals surface area contributed by atoms with Crippen molar-refractivity contribution in [3.63, 3.8) is 0 Å².